The fourth-order valence-electron chi connectivity index (χ4n) is 4.23. The molecule has 1 atom stereocenters. The number of nitrogens with zero attached hydrogens (tertiary/aromatic N) is 3. The summed E-state index contributed by atoms with van der Waals surface area (Å²) in [6.45, 7) is 1.64. The maximum atomic E-state index is 14.3. The van der Waals surface area contributed by atoms with E-state index in [9.17, 15) is 32.6 Å². The summed E-state index contributed by atoms with van der Waals surface area (Å²) in [6.07, 6.45) is -0.143. The van der Waals surface area contributed by atoms with Crippen molar-refractivity contribution in [3.05, 3.63) is 53.2 Å². The first-order chi connectivity index (χ1) is 16.4. The Bertz CT molecular complexity index is 1220. The maximum Gasteiger partial charge on any atom is 0.433 e. The Balaban J connectivity index is 1.54. The lowest BCUT2D eigenvalue weighted by Gasteiger charge is -2.35. The van der Waals surface area contributed by atoms with Crippen LogP contribution in [0.15, 0.2) is 36.7 Å². The predicted molar refractivity (Wildman–Crippen MR) is 120 cm³/mol. The van der Waals surface area contributed by atoms with Gasteiger partial charge >= 0.3 is 12.1 Å². The number of aliphatic hydroxyl groups is 1. The van der Waals surface area contributed by atoms with Crippen LogP contribution in [0.5, 0.6) is 0 Å². The second-order valence-electron chi connectivity index (χ2n) is 8.68. The van der Waals surface area contributed by atoms with Gasteiger partial charge in [-0.2, -0.15) is 13.2 Å². The lowest BCUT2D eigenvalue weighted by Crippen LogP contribution is -2.35. The number of anilines is 2. The van der Waals surface area contributed by atoms with Crippen molar-refractivity contribution in [2.24, 2.45) is 11.8 Å². The van der Waals surface area contributed by atoms with Crippen LogP contribution in [0.4, 0.5) is 29.2 Å². The summed E-state index contributed by atoms with van der Waals surface area (Å²) < 4.78 is 53.1. The van der Waals surface area contributed by atoms with Crippen molar-refractivity contribution in [2.75, 3.05) is 5.32 Å². The quantitative estimate of drug-likeness (QED) is 0.371. The van der Waals surface area contributed by atoms with Crippen molar-refractivity contribution in [3.63, 3.8) is 0 Å². The average Bonchev–Trinajstić information content (AvgIpc) is 3.30. The molecule has 0 saturated heterocycles. The number of aromatic nitrogens is 3. The fourth-order valence-corrected chi connectivity index (χ4v) is 5.26. The number of benzene rings is 1. The van der Waals surface area contributed by atoms with E-state index < -0.39 is 35.2 Å². The van der Waals surface area contributed by atoms with Crippen LogP contribution in [0, 0.1) is 17.7 Å². The third-order valence-corrected chi connectivity index (χ3v) is 7.47. The van der Waals surface area contributed by atoms with E-state index in [0.29, 0.717) is 41.1 Å². The Kier molecular flexibility index (Phi) is 6.78. The minimum Gasteiger partial charge on any atom is -0.481 e. The Morgan fingerprint density at radius 3 is 2.51 bits per heavy atom. The molecule has 0 amide bonds. The highest BCUT2D eigenvalue weighted by molar-refractivity contribution is 7.15. The van der Waals surface area contributed by atoms with Crippen molar-refractivity contribution in [2.45, 2.75) is 44.4 Å². The van der Waals surface area contributed by atoms with Crippen molar-refractivity contribution < 1.29 is 32.6 Å². The molecule has 0 aliphatic heterocycles. The summed E-state index contributed by atoms with van der Waals surface area (Å²) in [4.78, 5) is 23.3. The van der Waals surface area contributed by atoms with Crippen LogP contribution in [-0.2, 0) is 16.6 Å². The first kappa shape index (κ1) is 25.0. The van der Waals surface area contributed by atoms with Gasteiger partial charge in [-0.05, 0) is 68.4 Å². The van der Waals surface area contributed by atoms with E-state index in [1.807, 2.05) is 0 Å². The predicted octanol–water partition coefficient (Wildman–Crippen LogP) is 5.60. The molecule has 0 spiro atoms. The molecular formula is C23H22F4N4O3S. The summed E-state index contributed by atoms with van der Waals surface area (Å²) in [5.74, 6) is -2.37. The number of rotatable bonds is 6. The van der Waals surface area contributed by atoms with Gasteiger partial charge in [0.15, 0.2) is 0 Å². The van der Waals surface area contributed by atoms with Crippen molar-refractivity contribution >= 4 is 28.9 Å². The molecular weight excluding hydrogens is 488 g/mol. The molecule has 0 bridgehead atoms. The van der Waals surface area contributed by atoms with Crippen molar-refractivity contribution in [1.29, 1.82) is 0 Å². The van der Waals surface area contributed by atoms with E-state index in [2.05, 4.69) is 20.3 Å². The summed E-state index contributed by atoms with van der Waals surface area (Å²) in [6, 6.07) is 4.62. The third-order valence-electron chi connectivity index (χ3n) is 6.19. The van der Waals surface area contributed by atoms with Crippen LogP contribution >= 0.6 is 11.3 Å². The number of carbonyl (C=O) groups is 1. The highest BCUT2D eigenvalue weighted by Crippen LogP contribution is 2.43. The van der Waals surface area contributed by atoms with Gasteiger partial charge < -0.3 is 15.5 Å². The third kappa shape index (κ3) is 5.59. The topological polar surface area (TPSA) is 108 Å². The van der Waals surface area contributed by atoms with E-state index in [-0.39, 0.29) is 17.6 Å². The Labute approximate surface area is 201 Å². The molecule has 0 radical (unpaired) electrons. The second-order valence-corrected chi connectivity index (χ2v) is 9.71. The van der Waals surface area contributed by atoms with Crippen LogP contribution in [0.25, 0.3) is 10.4 Å². The highest BCUT2D eigenvalue weighted by atomic mass is 32.1. The molecule has 2 heterocycles. The number of aliphatic carboxylic acids is 1. The summed E-state index contributed by atoms with van der Waals surface area (Å²) in [5, 5.41) is 23.4. The zero-order valence-corrected chi connectivity index (χ0v) is 19.3. The minimum atomic E-state index is -4.64. The van der Waals surface area contributed by atoms with Gasteiger partial charge in [-0.3, -0.25) is 4.79 Å². The zero-order chi connectivity index (χ0) is 25.4. The molecule has 1 aliphatic rings. The molecule has 7 nitrogen and oxygen atoms in total. The van der Waals surface area contributed by atoms with E-state index in [1.54, 1.807) is 6.92 Å². The molecule has 1 saturated carbocycles. The summed E-state index contributed by atoms with van der Waals surface area (Å²) in [7, 11) is 0. The second kappa shape index (κ2) is 9.50. The molecule has 1 unspecified atom stereocenters. The molecule has 1 aliphatic carbocycles. The zero-order valence-electron chi connectivity index (χ0n) is 18.5. The molecule has 3 aromatic rings. The lowest BCUT2D eigenvalue weighted by atomic mass is 9.74. The monoisotopic (exact) mass is 510 g/mol. The SMILES string of the molecule is CC(O)(c1ncc(-c2cc(F)cc(Nc3nccc(C(F)(F)F)n3)c2)s1)C1CCC(C(=O)O)CC1. The number of carboxylic acid groups (broad SMARTS) is 1. The Morgan fingerprint density at radius 2 is 1.86 bits per heavy atom. The van der Waals surface area contributed by atoms with Crippen LogP contribution in [0.1, 0.15) is 43.3 Å². The summed E-state index contributed by atoms with van der Waals surface area (Å²) in [5.41, 5.74) is -1.85. The first-order valence-corrected chi connectivity index (χ1v) is 11.6. The normalized spacial score (nSPS) is 20.3. The number of thiazole rings is 1. The molecule has 3 N–H and O–H groups in total. The number of nitrogens with one attached hydrogen (secondary N) is 1. The molecule has 186 valence electrons. The largest absolute Gasteiger partial charge is 0.481 e. The van der Waals surface area contributed by atoms with Gasteiger partial charge in [-0.15, -0.1) is 11.3 Å². The van der Waals surface area contributed by atoms with Crippen LogP contribution < -0.4 is 5.32 Å². The standard InChI is InChI=1S/C23H22F4N4O3S/c1-22(34,14-4-2-12(3-5-14)19(32)33)20-29-11-17(35-20)13-8-15(24)10-16(9-13)30-21-28-7-6-18(31-21)23(25,26)27/h6-12,14,34H,2-5H2,1H3,(H,32,33)(H,28,30,31). The number of carboxylic acids is 1. The first-order valence-electron chi connectivity index (χ1n) is 10.8. The molecule has 4 rings (SSSR count). The van der Waals surface area contributed by atoms with E-state index >= 15 is 0 Å². The smallest absolute Gasteiger partial charge is 0.433 e. The lowest BCUT2D eigenvalue weighted by molar-refractivity contribution is -0.144. The number of hydrogen-bond donors (Lipinski definition) is 3. The van der Waals surface area contributed by atoms with E-state index in [4.69, 9.17) is 0 Å². The van der Waals surface area contributed by atoms with Gasteiger partial charge in [0.1, 0.15) is 22.1 Å². The maximum absolute atomic E-state index is 14.3. The van der Waals surface area contributed by atoms with Gasteiger partial charge in [0.25, 0.3) is 0 Å². The van der Waals surface area contributed by atoms with Gasteiger partial charge in [0.2, 0.25) is 5.95 Å². The van der Waals surface area contributed by atoms with Crippen LogP contribution in [-0.4, -0.2) is 31.1 Å². The Hall–Kier alpha value is -3.12. The van der Waals surface area contributed by atoms with Crippen LogP contribution in [0.3, 0.4) is 0 Å². The van der Waals surface area contributed by atoms with Gasteiger partial charge in [-0.25, -0.2) is 19.3 Å². The average molecular weight is 511 g/mol. The fraction of sp³-hybridized carbons (Fsp3) is 0.391. The number of hydrogen-bond acceptors (Lipinski definition) is 7. The molecule has 1 fully saturated rings. The van der Waals surface area contributed by atoms with Crippen molar-refractivity contribution in [3.8, 4) is 10.4 Å². The van der Waals surface area contributed by atoms with Gasteiger partial charge in [0.05, 0.1) is 10.8 Å². The van der Waals surface area contributed by atoms with E-state index in [0.717, 1.165) is 18.3 Å². The molecule has 2 aromatic heterocycles. The number of halogens is 4. The summed E-state index contributed by atoms with van der Waals surface area (Å²) >= 11 is 1.17. The molecule has 35 heavy (non-hydrogen) atoms. The minimum absolute atomic E-state index is 0.146. The van der Waals surface area contributed by atoms with E-state index in [1.165, 1.54) is 29.7 Å². The van der Waals surface area contributed by atoms with Gasteiger partial charge in [-0.1, -0.05) is 0 Å². The van der Waals surface area contributed by atoms with Crippen LogP contribution in [0.2, 0.25) is 0 Å². The Morgan fingerprint density at radius 1 is 1.14 bits per heavy atom. The van der Waals surface area contributed by atoms with Gasteiger partial charge in [0, 0.05) is 18.1 Å². The molecule has 1 aromatic carbocycles. The number of alkyl halides is 3. The molecule has 12 heteroatoms. The van der Waals surface area contributed by atoms with Crippen molar-refractivity contribution in [1.82, 2.24) is 15.0 Å². The highest BCUT2D eigenvalue weighted by Gasteiger charge is 2.40.